The number of aliphatic hydroxyl groups is 3. The summed E-state index contributed by atoms with van der Waals surface area (Å²) in [5.41, 5.74) is -0.547. The van der Waals surface area contributed by atoms with Crippen molar-refractivity contribution in [1.82, 2.24) is 0 Å². The summed E-state index contributed by atoms with van der Waals surface area (Å²) in [5.74, 6) is -4.11. The van der Waals surface area contributed by atoms with Crippen molar-refractivity contribution in [2.24, 2.45) is 11.8 Å². The van der Waals surface area contributed by atoms with Crippen LogP contribution in [0.15, 0.2) is 24.0 Å². The van der Waals surface area contributed by atoms with Gasteiger partial charge in [0.1, 0.15) is 5.76 Å². The van der Waals surface area contributed by atoms with Gasteiger partial charge in [-0.3, -0.25) is 0 Å². The molecular weight excluding hydrogens is 464 g/mol. The lowest BCUT2D eigenvalue weighted by Gasteiger charge is -2.61. The molecule has 1 saturated carbocycles. The van der Waals surface area contributed by atoms with E-state index in [4.69, 9.17) is 14.6 Å². The van der Waals surface area contributed by atoms with E-state index in [-0.39, 0.29) is 35.5 Å². The number of hydrogen-bond donors (Lipinski definition) is 5. The monoisotopic (exact) mass is 490 g/mol. The van der Waals surface area contributed by atoms with Crippen LogP contribution in [0.4, 0.5) is 0 Å². The van der Waals surface area contributed by atoms with E-state index in [0.717, 1.165) is 12.0 Å². The van der Waals surface area contributed by atoms with Crippen LogP contribution in [-0.2, 0) is 35.7 Å². The Balaban J connectivity index is 1.45. The number of phenols is 1. The van der Waals surface area contributed by atoms with Crippen molar-refractivity contribution in [2.45, 2.75) is 61.9 Å². The number of aromatic hydroxyl groups is 1. The van der Waals surface area contributed by atoms with Crippen LogP contribution in [-0.4, -0.2) is 74.0 Å². The largest absolute Gasteiger partial charge is 0.504 e. The standard InChI is InChI=1S/C24H26O11/c1-10-4-6-23-16-11-2-3-13(25)19(16)35-20(23)14(5-7-24(23,32)12(10)8-11)34-22(31)18(29)17(28)21(30)33-9-15(26)27/h2-3,5,10,12,17-18,20,25,28-29,32H,4,6-9H2,1H3,(H,26,27)/t10?,12-,17+,18+,20-,23-,24+/m0/s1. The summed E-state index contributed by atoms with van der Waals surface area (Å²) >= 11 is 0. The number of phenolic OH excluding ortho intramolecular Hbond substituents is 1. The Morgan fingerprint density at radius 2 is 1.91 bits per heavy atom. The van der Waals surface area contributed by atoms with E-state index in [1.807, 2.05) is 6.07 Å². The van der Waals surface area contributed by atoms with Gasteiger partial charge in [0.15, 0.2) is 36.4 Å². The number of carboxylic acids is 1. The van der Waals surface area contributed by atoms with Crippen LogP contribution in [0, 0.1) is 11.8 Å². The lowest BCUT2D eigenvalue weighted by Crippen LogP contribution is -2.69. The Morgan fingerprint density at radius 1 is 1.20 bits per heavy atom. The Morgan fingerprint density at radius 3 is 2.63 bits per heavy atom. The summed E-state index contributed by atoms with van der Waals surface area (Å²) in [6.45, 7) is 1.04. The number of aliphatic carboxylic acids is 1. The number of aliphatic hydroxyl groups excluding tert-OH is 2. The highest BCUT2D eigenvalue weighted by atomic mass is 16.6. The zero-order chi connectivity index (χ0) is 25.3. The number of carbonyl (C=O) groups is 3. The molecule has 35 heavy (non-hydrogen) atoms. The first-order chi connectivity index (χ1) is 16.5. The summed E-state index contributed by atoms with van der Waals surface area (Å²) in [6.07, 6.45) is -2.16. The molecule has 4 aliphatic rings. The maximum atomic E-state index is 12.6. The fraction of sp³-hybridized carbons (Fsp3) is 0.542. The van der Waals surface area contributed by atoms with Crippen LogP contribution in [0.2, 0.25) is 0 Å². The molecule has 3 aliphatic carbocycles. The van der Waals surface area contributed by atoms with Crippen molar-refractivity contribution in [3.63, 3.8) is 0 Å². The third-order valence-corrected chi connectivity index (χ3v) is 8.07. The van der Waals surface area contributed by atoms with E-state index < -0.39 is 53.8 Å². The predicted octanol–water partition coefficient (Wildman–Crippen LogP) is -0.0953. The van der Waals surface area contributed by atoms with Crippen molar-refractivity contribution >= 4 is 17.9 Å². The number of hydrogen-bond acceptors (Lipinski definition) is 10. The average molecular weight is 490 g/mol. The van der Waals surface area contributed by atoms with Gasteiger partial charge in [-0.15, -0.1) is 0 Å². The van der Waals surface area contributed by atoms with E-state index in [0.29, 0.717) is 18.4 Å². The van der Waals surface area contributed by atoms with Gasteiger partial charge >= 0.3 is 17.9 Å². The molecule has 0 aromatic heterocycles. The second-order valence-electron chi connectivity index (χ2n) is 9.79. The molecule has 2 bridgehead atoms. The zero-order valence-electron chi connectivity index (χ0n) is 18.8. The van der Waals surface area contributed by atoms with Crippen LogP contribution in [0.3, 0.4) is 0 Å². The van der Waals surface area contributed by atoms with Gasteiger partial charge < -0.3 is 39.7 Å². The third-order valence-electron chi connectivity index (χ3n) is 8.07. The van der Waals surface area contributed by atoms with Crippen molar-refractivity contribution in [3.05, 3.63) is 35.1 Å². The molecule has 1 spiro atoms. The molecule has 0 saturated heterocycles. The third kappa shape index (κ3) is 3.18. The van der Waals surface area contributed by atoms with Gasteiger partial charge in [0.05, 0.1) is 11.0 Å². The summed E-state index contributed by atoms with van der Waals surface area (Å²) < 4.78 is 15.8. The molecule has 11 nitrogen and oxygen atoms in total. The maximum Gasteiger partial charge on any atom is 0.343 e. The first-order valence-corrected chi connectivity index (χ1v) is 11.4. The zero-order valence-corrected chi connectivity index (χ0v) is 18.8. The van der Waals surface area contributed by atoms with Gasteiger partial charge in [-0.2, -0.15) is 0 Å². The van der Waals surface area contributed by atoms with E-state index in [2.05, 4.69) is 11.7 Å². The Labute approximate surface area is 199 Å². The Bertz CT molecular complexity index is 1140. The van der Waals surface area contributed by atoms with Crippen LogP contribution < -0.4 is 4.74 Å². The van der Waals surface area contributed by atoms with Crippen molar-refractivity contribution < 1.29 is 54.1 Å². The summed E-state index contributed by atoms with van der Waals surface area (Å²) in [6, 6.07) is 3.35. The number of benzene rings is 1. The van der Waals surface area contributed by atoms with Crippen LogP contribution >= 0.6 is 0 Å². The molecule has 0 amide bonds. The molecule has 1 heterocycles. The molecule has 1 aromatic rings. The lowest BCUT2D eigenvalue weighted by molar-refractivity contribution is -0.180. The van der Waals surface area contributed by atoms with Gasteiger partial charge in [0, 0.05) is 5.56 Å². The Kier molecular flexibility index (Phi) is 5.35. The normalized spacial score (nSPS) is 33.5. The molecule has 1 aromatic carbocycles. The van der Waals surface area contributed by atoms with E-state index in [1.54, 1.807) is 0 Å². The molecule has 0 radical (unpaired) electrons. The van der Waals surface area contributed by atoms with Gasteiger partial charge in [0.2, 0.25) is 0 Å². The fourth-order valence-electron chi connectivity index (χ4n) is 6.47. The first kappa shape index (κ1) is 23.6. The second-order valence-corrected chi connectivity index (χ2v) is 9.79. The number of carbonyl (C=O) groups excluding carboxylic acids is 2. The molecule has 1 fully saturated rings. The molecule has 1 aliphatic heterocycles. The molecule has 7 atom stereocenters. The molecular formula is C24H26O11. The molecule has 11 heteroatoms. The number of ether oxygens (including phenoxy) is 3. The van der Waals surface area contributed by atoms with Gasteiger partial charge in [-0.25, -0.2) is 14.4 Å². The number of esters is 2. The van der Waals surface area contributed by atoms with E-state index >= 15 is 0 Å². The first-order valence-electron chi connectivity index (χ1n) is 11.4. The predicted molar refractivity (Wildman–Crippen MR) is 114 cm³/mol. The smallest absolute Gasteiger partial charge is 0.343 e. The summed E-state index contributed by atoms with van der Waals surface area (Å²) in [5, 5.41) is 51.2. The number of rotatable bonds is 6. The number of carboxylic acid groups (broad SMARTS) is 1. The quantitative estimate of drug-likeness (QED) is 0.336. The minimum atomic E-state index is -2.37. The summed E-state index contributed by atoms with van der Waals surface area (Å²) in [7, 11) is 0. The minimum absolute atomic E-state index is 0.0124. The molecule has 1 unspecified atom stereocenters. The van der Waals surface area contributed by atoms with Crippen LogP contribution in [0.1, 0.15) is 37.3 Å². The average Bonchev–Trinajstić information content (AvgIpc) is 3.18. The molecule has 5 N–H and O–H groups in total. The van der Waals surface area contributed by atoms with E-state index in [1.165, 1.54) is 12.1 Å². The highest BCUT2D eigenvalue weighted by Crippen LogP contribution is 2.68. The van der Waals surface area contributed by atoms with Crippen molar-refractivity contribution in [3.8, 4) is 11.5 Å². The van der Waals surface area contributed by atoms with E-state index in [9.17, 15) is 34.8 Å². The fourth-order valence-corrected chi connectivity index (χ4v) is 6.47. The molecule has 5 rings (SSSR count). The topological polar surface area (TPSA) is 180 Å². The minimum Gasteiger partial charge on any atom is -0.504 e. The van der Waals surface area contributed by atoms with Crippen molar-refractivity contribution in [1.29, 1.82) is 0 Å². The SMILES string of the molecule is CC1CC[C@]23c4c5ccc(O)c4O[C@H]2C(OC(=O)[C@H](O)[C@@H](O)C(=O)OCC(=O)O)=CC[C@@]3(O)[C@H]1C5. The van der Waals surface area contributed by atoms with Crippen LogP contribution in [0.5, 0.6) is 11.5 Å². The maximum absolute atomic E-state index is 12.6. The Hall–Kier alpha value is -3.15. The lowest BCUT2D eigenvalue weighted by atomic mass is 9.45. The highest BCUT2D eigenvalue weighted by molar-refractivity contribution is 5.86. The summed E-state index contributed by atoms with van der Waals surface area (Å²) in [4.78, 5) is 34.9. The highest BCUT2D eigenvalue weighted by Gasteiger charge is 2.72. The van der Waals surface area contributed by atoms with Crippen LogP contribution in [0.25, 0.3) is 0 Å². The van der Waals surface area contributed by atoms with Crippen molar-refractivity contribution in [2.75, 3.05) is 6.61 Å². The van der Waals surface area contributed by atoms with Gasteiger partial charge in [-0.1, -0.05) is 13.0 Å². The second kappa shape index (κ2) is 7.94. The molecule has 188 valence electrons. The van der Waals surface area contributed by atoms with Gasteiger partial charge in [0.25, 0.3) is 0 Å². The van der Waals surface area contributed by atoms with Gasteiger partial charge in [-0.05, 0) is 55.2 Å².